The van der Waals surface area contributed by atoms with Crippen molar-refractivity contribution in [3.05, 3.63) is 28.2 Å². The van der Waals surface area contributed by atoms with E-state index in [1.807, 2.05) is 18.2 Å². The zero-order valence-electron chi connectivity index (χ0n) is 13.8. The molecule has 0 aliphatic rings. The molecule has 3 nitrogen and oxygen atoms in total. The normalized spacial score (nSPS) is 13.2. The summed E-state index contributed by atoms with van der Waals surface area (Å²) < 4.78 is 6.38. The molecule has 1 aromatic carbocycles. The maximum absolute atomic E-state index is 5.98. The minimum atomic E-state index is 0.134. The Kier molecular flexibility index (Phi) is 7.71. The summed E-state index contributed by atoms with van der Waals surface area (Å²) in [6.45, 7) is 10.7. The first kappa shape index (κ1) is 18.5. The van der Waals surface area contributed by atoms with Crippen LogP contribution >= 0.6 is 15.9 Å². The summed E-state index contributed by atoms with van der Waals surface area (Å²) >= 11 is 3.61. The van der Waals surface area contributed by atoms with Gasteiger partial charge in [0.15, 0.2) is 0 Å². The van der Waals surface area contributed by atoms with E-state index in [9.17, 15) is 0 Å². The zero-order valence-corrected chi connectivity index (χ0v) is 15.4. The largest absolute Gasteiger partial charge is 0.497 e. The van der Waals surface area contributed by atoms with Crippen molar-refractivity contribution < 1.29 is 4.74 Å². The molecule has 0 saturated heterocycles. The van der Waals surface area contributed by atoms with Crippen molar-refractivity contribution in [2.45, 2.75) is 33.7 Å². The highest BCUT2D eigenvalue weighted by Crippen LogP contribution is 2.28. The van der Waals surface area contributed by atoms with E-state index in [0.29, 0.717) is 24.3 Å². The number of halogens is 1. The topological polar surface area (TPSA) is 47.3 Å². The Labute approximate surface area is 137 Å². The van der Waals surface area contributed by atoms with Gasteiger partial charge in [0.1, 0.15) is 5.75 Å². The molecule has 4 heteroatoms. The Morgan fingerprint density at radius 2 is 1.81 bits per heavy atom. The summed E-state index contributed by atoms with van der Waals surface area (Å²) in [5, 5.41) is 3.63. The van der Waals surface area contributed by atoms with E-state index in [0.717, 1.165) is 22.3 Å². The van der Waals surface area contributed by atoms with Gasteiger partial charge in [-0.15, -0.1) is 0 Å². The summed E-state index contributed by atoms with van der Waals surface area (Å²) in [6, 6.07) is 6.15. The molecule has 0 radical (unpaired) electrons. The van der Waals surface area contributed by atoms with Crippen LogP contribution in [0.2, 0.25) is 0 Å². The highest BCUT2D eigenvalue weighted by atomic mass is 79.9. The lowest BCUT2D eigenvalue weighted by molar-refractivity contribution is 0.266. The van der Waals surface area contributed by atoms with E-state index in [4.69, 9.17) is 10.5 Å². The molecular weight excluding hydrogens is 328 g/mol. The molecule has 0 aliphatic carbocycles. The molecule has 0 heterocycles. The average molecular weight is 357 g/mol. The monoisotopic (exact) mass is 356 g/mol. The summed E-state index contributed by atoms with van der Waals surface area (Å²) in [6.07, 6.45) is 0. The van der Waals surface area contributed by atoms with Crippen LogP contribution in [0.25, 0.3) is 0 Å². The van der Waals surface area contributed by atoms with Crippen molar-refractivity contribution in [1.29, 1.82) is 0 Å². The SMILES string of the molecule is COc1ccc(Br)c(C(CN)NCC(C(C)C)C(C)C)c1. The summed E-state index contributed by atoms with van der Waals surface area (Å²) in [4.78, 5) is 0. The van der Waals surface area contributed by atoms with Crippen LogP contribution in [0, 0.1) is 17.8 Å². The molecule has 0 amide bonds. The number of hydrogen-bond donors (Lipinski definition) is 2. The molecule has 0 spiro atoms. The van der Waals surface area contributed by atoms with Crippen LogP contribution in [0.4, 0.5) is 0 Å². The van der Waals surface area contributed by atoms with Crippen molar-refractivity contribution >= 4 is 15.9 Å². The van der Waals surface area contributed by atoms with E-state index in [1.165, 1.54) is 0 Å². The van der Waals surface area contributed by atoms with Gasteiger partial charge in [-0.1, -0.05) is 43.6 Å². The molecule has 1 rings (SSSR count). The highest BCUT2D eigenvalue weighted by Gasteiger charge is 2.20. The number of nitrogens with one attached hydrogen (secondary N) is 1. The fourth-order valence-electron chi connectivity index (χ4n) is 2.76. The van der Waals surface area contributed by atoms with Crippen LogP contribution in [0.1, 0.15) is 39.3 Å². The van der Waals surface area contributed by atoms with Crippen molar-refractivity contribution in [2.75, 3.05) is 20.2 Å². The molecule has 21 heavy (non-hydrogen) atoms. The van der Waals surface area contributed by atoms with E-state index >= 15 is 0 Å². The van der Waals surface area contributed by atoms with Crippen LogP contribution in [0.5, 0.6) is 5.75 Å². The van der Waals surface area contributed by atoms with E-state index in [1.54, 1.807) is 7.11 Å². The van der Waals surface area contributed by atoms with Crippen molar-refractivity contribution in [3.63, 3.8) is 0 Å². The predicted octanol–water partition coefficient (Wildman–Crippen LogP) is 3.98. The van der Waals surface area contributed by atoms with Gasteiger partial charge in [-0.25, -0.2) is 0 Å². The molecule has 0 aliphatic heterocycles. The average Bonchev–Trinajstić information content (AvgIpc) is 2.44. The summed E-state index contributed by atoms with van der Waals surface area (Å²) in [5.41, 5.74) is 7.14. The summed E-state index contributed by atoms with van der Waals surface area (Å²) in [5.74, 6) is 2.82. The molecule has 3 N–H and O–H groups in total. The molecule has 1 atom stereocenters. The Hall–Kier alpha value is -0.580. The number of nitrogens with two attached hydrogens (primary N) is 1. The summed E-state index contributed by atoms with van der Waals surface area (Å²) in [7, 11) is 1.69. The minimum Gasteiger partial charge on any atom is -0.497 e. The molecule has 0 aromatic heterocycles. The van der Waals surface area contributed by atoms with Gasteiger partial charge in [-0.3, -0.25) is 0 Å². The Balaban J connectivity index is 2.83. The van der Waals surface area contributed by atoms with Crippen LogP contribution in [0.3, 0.4) is 0 Å². The number of ether oxygens (including phenoxy) is 1. The van der Waals surface area contributed by atoms with Gasteiger partial charge < -0.3 is 15.8 Å². The standard InChI is InChI=1S/C17H29BrN2O/c1-11(2)15(12(3)4)10-20-17(9-19)14-8-13(21-5)6-7-16(14)18/h6-8,11-12,15,17,20H,9-10,19H2,1-5H3. The lowest BCUT2D eigenvalue weighted by atomic mass is 9.85. The van der Waals surface area contributed by atoms with Crippen LogP contribution in [-0.2, 0) is 0 Å². The van der Waals surface area contributed by atoms with E-state index in [-0.39, 0.29) is 6.04 Å². The van der Waals surface area contributed by atoms with Gasteiger partial charge in [-0.2, -0.15) is 0 Å². The minimum absolute atomic E-state index is 0.134. The second-order valence-electron chi connectivity index (χ2n) is 6.24. The van der Waals surface area contributed by atoms with Crippen LogP contribution in [0.15, 0.2) is 22.7 Å². The number of methoxy groups -OCH3 is 1. The Morgan fingerprint density at radius 3 is 2.29 bits per heavy atom. The zero-order chi connectivity index (χ0) is 16.0. The highest BCUT2D eigenvalue weighted by molar-refractivity contribution is 9.10. The third kappa shape index (κ3) is 5.28. The van der Waals surface area contributed by atoms with Gasteiger partial charge in [0.25, 0.3) is 0 Å². The Morgan fingerprint density at radius 1 is 1.19 bits per heavy atom. The Bertz CT molecular complexity index is 427. The molecular formula is C17H29BrN2O. The fraction of sp³-hybridized carbons (Fsp3) is 0.647. The smallest absolute Gasteiger partial charge is 0.119 e. The first-order valence-corrected chi connectivity index (χ1v) is 8.46. The molecule has 0 bridgehead atoms. The van der Waals surface area contributed by atoms with Crippen LogP contribution in [-0.4, -0.2) is 20.2 Å². The van der Waals surface area contributed by atoms with Crippen molar-refractivity contribution in [3.8, 4) is 5.75 Å². The molecule has 1 unspecified atom stereocenters. The second kappa shape index (κ2) is 8.76. The van der Waals surface area contributed by atoms with E-state index < -0.39 is 0 Å². The number of hydrogen-bond acceptors (Lipinski definition) is 3. The molecule has 0 fully saturated rings. The molecule has 120 valence electrons. The maximum atomic E-state index is 5.98. The first-order chi connectivity index (χ1) is 9.90. The van der Waals surface area contributed by atoms with E-state index in [2.05, 4.69) is 48.9 Å². The van der Waals surface area contributed by atoms with Gasteiger partial charge in [0, 0.05) is 17.1 Å². The molecule has 0 saturated carbocycles. The van der Waals surface area contributed by atoms with Gasteiger partial charge in [0.05, 0.1) is 7.11 Å². The fourth-order valence-corrected chi connectivity index (χ4v) is 3.28. The second-order valence-corrected chi connectivity index (χ2v) is 7.09. The number of rotatable bonds is 8. The lowest BCUT2D eigenvalue weighted by Gasteiger charge is -2.28. The lowest BCUT2D eigenvalue weighted by Crippen LogP contribution is -2.35. The van der Waals surface area contributed by atoms with Gasteiger partial charge in [0.2, 0.25) is 0 Å². The third-order valence-corrected chi connectivity index (χ3v) is 4.85. The van der Waals surface area contributed by atoms with Gasteiger partial charge in [-0.05, 0) is 48.1 Å². The van der Waals surface area contributed by atoms with Crippen molar-refractivity contribution in [1.82, 2.24) is 5.32 Å². The number of benzene rings is 1. The quantitative estimate of drug-likeness (QED) is 0.740. The molecule has 1 aromatic rings. The van der Waals surface area contributed by atoms with Gasteiger partial charge >= 0.3 is 0 Å². The third-order valence-electron chi connectivity index (χ3n) is 4.13. The van der Waals surface area contributed by atoms with Crippen LogP contribution < -0.4 is 15.8 Å². The van der Waals surface area contributed by atoms with Crippen molar-refractivity contribution in [2.24, 2.45) is 23.5 Å². The first-order valence-electron chi connectivity index (χ1n) is 7.67. The maximum Gasteiger partial charge on any atom is 0.119 e. The predicted molar refractivity (Wildman–Crippen MR) is 93.7 cm³/mol.